The minimum atomic E-state index is 0.590. The second-order valence-electron chi connectivity index (χ2n) is 5.49. The fourth-order valence-electron chi connectivity index (χ4n) is 2.28. The van der Waals surface area contributed by atoms with E-state index < -0.39 is 0 Å². The van der Waals surface area contributed by atoms with Crippen LogP contribution in [0.4, 0.5) is 0 Å². The molecule has 23 heavy (non-hydrogen) atoms. The molecule has 1 fully saturated rings. The van der Waals surface area contributed by atoms with Crippen LogP contribution >= 0.6 is 27.3 Å². The van der Waals surface area contributed by atoms with Gasteiger partial charge in [-0.05, 0) is 47.8 Å². The molecule has 0 bridgehead atoms. The minimum absolute atomic E-state index is 0.590. The maximum absolute atomic E-state index is 5.71. The molecule has 0 radical (unpaired) electrons. The molecular formula is C16H26BrN3O2S. The summed E-state index contributed by atoms with van der Waals surface area (Å²) in [4.78, 5) is 5.85. The van der Waals surface area contributed by atoms with Crippen LogP contribution in [0.25, 0.3) is 0 Å². The summed E-state index contributed by atoms with van der Waals surface area (Å²) >= 11 is 5.20. The molecule has 7 heteroatoms. The Hall–Kier alpha value is -0.630. The second-order valence-corrected chi connectivity index (χ2v) is 8.03. The van der Waals surface area contributed by atoms with Crippen LogP contribution in [-0.2, 0) is 16.0 Å². The Balaban J connectivity index is 1.59. The predicted octanol–water partition coefficient (Wildman–Crippen LogP) is 3.01. The number of aliphatic imine (C=N–C) groups is 1. The lowest BCUT2D eigenvalue weighted by Crippen LogP contribution is -2.38. The molecule has 1 atom stereocenters. The van der Waals surface area contributed by atoms with Crippen molar-refractivity contribution in [1.29, 1.82) is 0 Å². The minimum Gasteiger partial charge on any atom is -0.381 e. The van der Waals surface area contributed by atoms with Crippen molar-refractivity contribution in [1.82, 2.24) is 10.6 Å². The largest absolute Gasteiger partial charge is 0.381 e. The van der Waals surface area contributed by atoms with Gasteiger partial charge < -0.3 is 20.1 Å². The summed E-state index contributed by atoms with van der Waals surface area (Å²) < 4.78 is 12.2. The van der Waals surface area contributed by atoms with Gasteiger partial charge in [-0.3, -0.25) is 0 Å². The zero-order valence-electron chi connectivity index (χ0n) is 13.6. The highest BCUT2D eigenvalue weighted by molar-refractivity contribution is 9.11. The number of guanidine groups is 1. The summed E-state index contributed by atoms with van der Waals surface area (Å²) in [6, 6.07) is 4.16. The first-order valence-electron chi connectivity index (χ1n) is 8.19. The molecule has 0 saturated carbocycles. The first-order chi connectivity index (χ1) is 11.3. The molecule has 1 aliphatic rings. The van der Waals surface area contributed by atoms with Gasteiger partial charge in [0, 0.05) is 37.1 Å². The molecule has 1 aromatic rings. The fraction of sp³-hybridized carbons (Fsp3) is 0.688. The first-order valence-corrected chi connectivity index (χ1v) is 9.80. The van der Waals surface area contributed by atoms with E-state index in [0.29, 0.717) is 12.5 Å². The van der Waals surface area contributed by atoms with Gasteiger partial charge in [0.1, 0.15) is 0 Å². The van der Waals surface area contributed by atoms with E-state index in [-0.39, 0.29) is 0 Å². The molecule has 0 aromatic carbocycles. The summed E-state index contributed by atoms with van der Waals surface area (Å²) in [6.45, 7) is 7.84. The molecule has 130 valence electrons. The number of nitrogens with zero attached hydrogens (tertiary/aromatic N) is 1. The van der Waals surface area contributed by atoms with Crippen LogP contribution in [0.1, 0.15) is 24.6 Å². The van der Waals surface area contributed by atoms with Crippen LogP contribution in [0.15, 0.2) is 20.9 Å². The van der Waals surface area contributed by atoms with Crippen molar-refractivity contribution in [2.24, 2.45) is 10.9 Å². The third-order valence-electron chi connectivity index (χ3n) is 3.50. The number of rotatable bonds is 9. The Labute approximate surface area is 151 Å². The number of ether oxygens (including phenoxy) is 2. The second kappa shape index (κ2) is 11.0. The van der Waals surface area contributed by atoms with E-state index in [2.05, 4.69) is 50.6 Å². The lowest BCUT2D eigenvalue weighted by molar-refractivity contribution is 0.0888. The van der Waals surface area contributed by atoms with E-state index in [9.17, 15) is 0 Å². The van der Waals surface area contributed by atoms with Crippen molar-refractivity contribution in [3.05, 3.63) is 20.8 Å². The van der Waals surface area contributed by atoms with E-state index in [1.807, 2.05) is 0 Å². The Bertz CT molecular complexity index is 476. The molecule has 2 N–H and O–H groups in total. The van der Waals surface area contributed by atoms with Gasteiger partial charge >= 0.3 is 0 Å². The van der Waals surface area contributed by atoms with Crippen molar-refractivity contribution in [2.45, 2.75) is 26.3 Å². The molecule has 5 nitrogen and oxygen atoms in total. The van der Waals surface area contributed by atoms with E-state index in [1.54, 1.807) is 11.3 Å². The number of nitrogens with one attached hydrogen (secondary N) is 2. The monoisotopic (exact) mass is 403 g/mol. The van der Waals surface area contributed by atoms with Gasteiger partial charge in [0.2, 0.25) is 0 Å². The van der Waals surface area contributed by atoms with Crippen molar-refractivity contribution in [3.63, 3.8) is 0 Å². The van der Waals surface area contributed by atoms with Gasteiger partial charge in [-0.2, -0.15) is 0 Å². The number of halogens is 1. The average molecular weight is 404 g/mol. The van der Waals surface area contributed by atoms with Gasteiger partial charge in [-0.25, -0.2) is 4.99 Å². The van der Waals surface area contributed by atoms with E-state index >= 15 is 0 Å². The summed E-state index contributed by atoms with van der Waals surface area (Å²) in [5, 5.41) is 6.62. The molecule has 1 aromatic heterocycles. The summed E-state index contributed by atoms with van der Waals surface area (Å²) in [6.07, 6.45) is 2.11. The third-order valence-corrected chi connectivity index (χ3v) is 5.11. The maximum atomic E-state index is 5.71. The maximum Gasteiger partial charge on any atom is 0.191 e. The molecule has 0 spiro atoms. The quantitative estimate of drug-likeness (QED) is 0.378. The topological polar surface area (TPSA) is 54.9 Å². The Morgan fingerprint density at radius 2 is 2.39 bits per heavy atom. The SMILES string of the molecule is CCNC(=NCc1ccc(Br)s1)NCCCOCC1CCOC1. The van der Waals surface area contributed by atoms with Crippen molar-refractivity contribution >= 4 is 33.2 Å². The van der Waals surface area contributed by atoms with Crippen LogP contribution in [-0.4, -0.2) is 45.5 Å². The van der Waals surface area contributed by atoms with Gasteiger partial charge in [-0.15, -0.1) is 11.3 Å². The molecule has 1 aliphatic heterocycles. The van der Waals surface area contributed by atoms with Crippen LogP contribution in [0, 0.1) is 5.92 Å². The summed E-state index contributed by atoms with van der Waals surface area (Å²) in [5.74, 6) is 1.45. The predicted molar refractivity (Wildman–Crippen MR) is 99.2 cm³/mol. The summed E-state index contributed by atoms with van der Waals surface area (Å²) in [5.41, 5.74) is 0. The molecule has 1 saturated heterocycles. The fourth-order valence-corrected chi connectivity index (χ4v) is 3.69. The van der Waals surface area contributed by atoms with Crippen molar-refractivity contribution in [3.8, 4) is 0 Å². The molecule has 0 aliphatic carbocycles. The number of thiophene rings is 1. The Morgan fingerprint density at radius 1 is 1.48 bits per heavy atom. The van der Waals surface area contributed by atoms with Gasteiger partial charge in [0.05, 0.1) is 23.5 Å². The van der Waals surface area contributed by atoms with E-state index in [0.717, 1.165) is 62.1 Å². The first kappa shape index (κ1) is 18.7. The molecule has 0 amide bonds. The molecule has 2 heterocycles. The highest BCUT2D eigenvalue weighted by Gasteiger charge is 2.15. The Morgan fingerprint density at radius 3 is 3.09 bits per heavy atom. The van der Waals surface area contributed by atoms with Gasteiger partial charge in [0.15, 0.2) is 5.96 Å². The zero-order chi connectivity index (χ0) is 16.3. The number of hydrogen-bond donors (Lipinski definition) is 2. The van der Waals surface area contributed by atoms with Crippen molar-refractivity contribution in [2.75, 3.05) is 39.5 Å². The molecule has 2 rings (SSSR count). The number of hydrogen-bond acceptors (Lipinski definition) is 4. The normalized spacial score (nSPS) is 18.3. The average Bonchev–Trinajstić information content (AvgIpc) is 3.19. The van der Waals surface area contributed by atoms with Gasteiger partial charge in [0.25, 0.3) is 0 Å². The highest BCUT2D eigenvalue weighted by Crippen LogP contribution is 2.22. The van der Waals surface area contributed by atoms with Gasteiger partial charge in [-0.1, -0.05) is 0 Å². The van der Waals surface area contributed by atoms with Crippen LogP contribution in [0.5, 0.6) is 0 Å². The Kier molecular flexibility index (Phi) is 8.96. The van der Waals surface area contributed by atoms with Crippen LogP contribution < -0.4 is 10.6 Å². The lowest BCUT2D eigenvalue weighted by atomic mass is 10.1. The van der Waals surface area contributed by atoms with Crippen molar-refractivity contribution < 1.29 is 9.47 Å². The molecule has 1 unspecified atom stereocenters. The standard InChI is InChI=1S/C16H26BrN3O2S/c1-2-18-16(20-10-14-4-5-15(17)23-14)19-7-3-8-21-11-13-6-9-22-12-13/h4-5,13H,2-3,6-12H2,1H3,(H2,18,19,20). The van der Waals surface area contributed by atoms with Crippen LogP contribution in [0.3, 0.4) is 0 Å². The summed E-state index contributed by atoms with van der Waals surface area (Å²) in [7, 11) is 0. The zero-order valence-corrected chi connectivity index (χ0v) is 16.0. The van der Waals surface area contributed by atoms with E-state index in [4.69, 9.17) is 9.47 Å². The lowest BCUT2D eigenvalue weighted by Gasteiger charge is -2.12. The third kappa shape index (κ3) is 7.65. The highest BCUT2D eigenvalue weighted by atomic mass is 79.9. The smallest absolute Gasteiger partial charge is 0.191 e. The van der Waals surface area contributed by atoms with Crippen LogP contribution in [0.2, 0.25) is 0 Å². The molecular weight excluding hydrogens is 378 g/mol. The van der Waals surface area contributed by atoms with E-state index in [1.165, 1.54) is 4.88 Å².